The molecule has 2 nitrogen and oxygen atoms in total. The van der Waals surface area contributed by atoms with E-state index in [9.17, 15) is 0 Å². The lowest BCUT2D eigenvalue weighted by atomic mass is 9.96. The largest absolute Gasteiger partial charge is 0.478 e. The van der Waals surface area contributed by atoms with Crippen LogP contribution in [0, 0.1) is 12.3 Å². The Morgan fingerprint density at radius 3 is 2.50 bits per heavy atom. The van der Waals surface area contributed by atoms with Gasteiger partial charge in [-0.05, 0) is 18.1 Å². The van der Waals surface area contributed by atoms with Gasteiger partial charge in [-0.2, -0.15) is 0 Å². The van der Waals surface area contributed by atoms with Gasteiger partial charge in [-0.25, -0.2) is 4.99 Å². The van der Waals surface area contributed by atoms with Crippen molar-refractivity contribution in [1.29, 1.82) is 0 Å². The number of ether oxygens (including phenoxy) is 1. The van der Waals surface area contributed by atoms with Gasteiger partial charge in [0.2, 0.25) is 0 Å². The molecule has 0 amide bonds. The zero-order valence-electron chi connectivity index (χ0n) is 10.4. The molecule has 0 unspecified atom stereocenters. The van der Waals surface area contributed by atoms with Crippen LogP contribution in [-0.2, 0) is 4.74 Å². The number of hydrogen-bond donors (Lipinski definition) is 0. The van der Waals surface area contributed by atoms with Gasteiger partial charge in [0.05, 0.1) is 0 Å². The summed E-state index contributed by atoms with van der Waals surface area (Å²) in [5.74, 6) is 0.876. The predicted octanol–water partition coefficient (Wildman–Crippen LogP) is 3.51. The van der Waals surface area contributed by atoms with Crippen LogP contribution in [0.15, 0.2) is 29.3 Å². The zero-order valence-corrected chi connectivity index (χ0v) is 10.4. The minimum absolute atomic E-state index is 0.0113. The van der Waals surface area contributed by atoms with E-state index in [1.54, 1.807) is 0 Å². The molecular weight excluding hydrogens is 198 g/mol. The van der Waals surface area contributed by atoms with Gasteiger partial charge in [-0.15, -0.1) is 0 Å². The Balaban J connectivity index is 2.27. The van der Waals surface area contributed by atoms with Gasteiger partial charge < -0.3 is 4.74 Å². The van der Waals surface area contributed by atoms with Crippen LogP contribution in [0.1, 0.15) is 37.9 Å². The Morgan fingerprint density at radius 2 is 1.94 bits per heavy atom. The molecule has 1 aliphatic rings. The summed E-state index contributed by atoms with van der Waals surface area (Å²) in [6.45, 7) is 9.20. The third kappa shape index (κ3) is 2.11. The van der Waals surface area contributed by atoms with Gasteiger partial charge in [0.25, 0.3) is 0 Å². The van der Waals surface area contributed by atoms with Crippen LogP contribution < -0.4 is 0 Å². The van der Waals surface area contributed by atoms with E-state index in [-0.39, 0.29) is 11.5 Å². The Morgan fingerprint density at radius 1 is 1.25 bits per heavy atom. The Labute approximate surface area is 97.4 Å². The molecule has 2 rings (SSSR count). The molecule has 86 valence electrons. The Kier molecular flexibility index (Phi) is 2.75. The van der Waals surface area contributed by atoms with Crippen molar-refractivity contribution in [3.05, 3.63) is 35.4 Å². The van der Waals surface area contributed by atoms with E-state index in [1.807, 2.05) is 0 Å². The van der Waals surface area contributed by atoms with Gasteiger partial charge in [-0.1, -0.05) is 45.0 Å². The molecule has 2 heteroatoms. The third-order valence-electron chi connectivity index (χ3n) is 2.84. The molecular formula is C14H19NO. The van der Waals surface area contributed by atoms with E-state index in [4.69, 9.17) is 4.74 Å². The number of aliphatic imine (C=N–C) groups is 1. The van der Waals surface area contributed by atoms with E-state index in [2.05, 4.69) is 57.0 Å². The summed E-state index contributed by atoms with van der Waals surface area (Å²) in [7, 11) is 0. The van der Waals surface area contributed by atoms with Crippen molar-refractivity contribution in [2.75, 3.05) is 6.61 Å². The number of hydrogen-bond acceptors (Lipinski definition) is 2. The summed E-state index contributed by atoms with van der Waals surface area (Å²) in [5, 5.41) is 0. The van der Waals surface area contributed by atoms with Gasteiger partial charge in [0.15, 0.2) is 5.90 Å². The normalized spacial score (nSPS) is 20.5. The molecule has 0 bridgehead atoms. The van der Waals surface area contributed by atoms with E-state index in [0.717, 1.165) is 5.90 Å². The number of aryl methyl sites for hydroxylation is 1. The fraction of sp³-hybridized carbons (Fsp3) is 0.500. The minimum atomic E-state index is 0.0113. The van der Waals surface area contributed by atoms with Gasteiger partial charge in [0.1, 0.15) is 12.6 Å². The van der Waals surface area contributed by atoms with Crippen molar-refractivity contribution in [3.63, 3.8) is 0 Å². The maximum Gasteiger partial charge on any atom is 0.189 e. The molecule has 0 aliphatic carbocycles. The highest BCUT2D eigenvalue weighted by atomic mass is 16.5. The first-order chi connectivity index (χ1) is 7.48. The predicted molar refractivity (Wildman–Crippen MR) is 66.8 cm³/mol. The van der Waals surface area contributed by atoms with Crippen LogP contribution in [0.2, 0.25) is 0 Å². The summed E-state index contributed by atoms with van der Waals surface area (Å²) in [6, 6.07) is 8.56. The first kappa shape index (κ1) is 11.2. The summed E-state index contributed by atoms with van der Waals surface area (Å²) in [5.41, 5.74) is 2.58. The van der Waals surface area contributed by atoms with Crippen molar-refractivity contribution in [1.82, 2.24) is 0 Å². The fourth-order valence-electron chi connectivity index (χ4n) is 1.90. The average Bonchev–Trinajstić information content (AvgIpc) is 2.66. The summed E-state index contributed by atoms with van der Waals surface area (Å²) in [6.07, 6.45) is 0. The van der Waals surface area contributed by atoms with Crippen LogP contribution in [0.25, 0.3) is 0 Å². The number of benzene rings is 1. The van der Waals surface area contributed by atoms with Crippen LogP contribution >= 0.6 is 0 Å². The quantitative estimate of drug-likeness (QED) is 0.705. The summed E-state index contributed by atoms with van der Waals surface area (Å²) in [4.78, 5) is 4.68. The zero-order chi connectivity index (χ0) is 11.8. The molecule has 0 saturated carbocycles. The molecule has 1 heterocycles. The van der Waals surface area contributed by atoms with Crippen LogP contribution in [0.3, 0.4) is 0 Å². The molecule has 1 aromatic carbocycles. The van der Waals surface area contributed by atoms with Crippen LogP contribution in [0.4, 0.5) is 0 Å². The van der Waals surface area contributed by atoms with Crippen molar-refractivity contribution >= 4 is 5.90 Å². The lowest BCUT2D eigenvalue weighted by Gasteiger charge is -2.16. The maximum absolute atomic E-state index is 5.69. The van der Waals surface area contributed by atoms with Crippen molar-refractivity contribution in [2.24, 2.45) is 10.4 Å². The van der Waals surface area contributed by atoms with Crippen LogP contribution in [0.5, 0.6) is 0 Å². The molecule has 1 atom stereocenters. The highest BCUT2D eigenvalue weighted by molar-refractivity contribution is 5.83. The lowest BCUT2D eigenvalue weighted by Crippen LogP contribution is -2.20. The second-order valence-electron chi connectivity index (χ2n) is 5.37. The SMILES string of the molecule is Cc1ccccc1[C@H]1COC(C(C)(C)C)=N1. The molecule has 1 aromatic rings. The highest BCUT2D eigenvalue weighted by Gasteiger charge is 2.29. The molecule has 1 aliphatic heterocycles. The maximum atomic E-state index is 5.69. The second-order valence-corrected chi connectivity index (χ2v) is 5.37. The fourth-order valence-corrected chi connectivity index (χ4v) is 1.90. The number of nitrogens with zero attached hydrogens (tertiary/aromatic N) is 1. The van der Waals surface area contributed by atoms with Gasteiger partial charge in [0, 0.05) is 5.41 Å². The first-order valence-corrected chi connectivity index (χ1v) is 5.75. The molecule has 0 N–H and O–H groups in total. The minimum Gasteiger partial charge on any atom is -0.478 e. The standard InChI is InChI=1S/C14H19NO/c1-10-7-5-6-8-11(10)12-9-16-13(15-12)14(2,3)4/h5-8,12H,9H2,1-4H3/t12-/m1/s1. The third-order valence-corrected chi connectivity index (χ3v) is 2.84. The monoisotopic (exact) mass is 217 g/mol. The van der Waals surface area contributed by atoms with E-state index in [1.165, 1.54) is 11.1 Å². The Hall–Kier alpha value is -1.31. The van der Waals surface area contributed by atoms with Gasteiger partial charge in [-0.3, -0.25) is 0 Å². The second kappa shape index (κ2) is 3.93. The lowest BCUT2D eigenvalue weighted by molar-refractivity contribution is 0.283. The molecule has 0 radical (unpaired) electrons. The van der Waals surface area contributed by atoms with Crippen LogP contribution in [-0.4, -0.2) is 12.5 Å². The molecule has 0 fully saturated rings. The summed E-state index contributed by atoms with van der Waals surface area (Å²) < 4.78 is 5.69. The van der Waals surface area contributed by atoms with Gasteiger partial charge >= 0.3 is 0 Å². The van der Waals surface area contributed by atoms with Crippen molar-refractivity contribution < 1.29 is 4.74 Å². The van der Waals surface area contributed by atoms with E-state index >= 15 is 0 Å². The molecule has 0 aromatic heterocycles. The Bertz CT molecular complexity index is 415. The smallest absolute Gasteiger partial charge is 0.189 e. The van der Waals surface area contributed by atoms with Crippen molar-refractivity contribution in [3.8, 4) is 0 Å². The number of rotatable bonds is 1. The van der Waals surface area contributed by atoms with Crippen molar-refractivity contribution in [2.45, 2.75) is 33.7 Å². The summed E-state index contributed by atoms with van der Waals surface area (Å²) >= 11 is 0. The average molecular weight is 217 g/mol. The molecule has 16 heavy (non-hydrogen) atoms. The highest BCUT2D eigenvalue weighted by Crippen LogP contribution is 2.30. The topological polar surface area (TPSA) is 21.6 Å². The first-order valence-electron chi connectivity index (χ1n) is 5.75. The molecule has 0 spiro atoms. The molecule has 0 saturated heterocycles. The van der Waals surface area contributed by atoms with E-state index < -0.39 is 0 Å². The van der Waals surface area contributed by atoms with E-state index in [0.29, 0.717) is 6.61 Å².